The second kappa shape index (κ2) is 10.3. The van der Waals surface area contributed by atoms with Gasteiger partial charge in [0.25, 0.3) is 0 Å². The fraction of sp³-hybridized carbons (Fsp3) is 1.00. The molecule has 148 valence electrons. The summed E-state index contributed by atoms with van der Waals surface area (Å²) in [7, 11) is 0. The summed E-state index contributed by atoms with van der Waals surface area (Å²) in [6.45, 7) is 9.34. The van der Waals surface area contributed by atoms with Gasteiger partial charge >= 0.3 is 0 Å². The quantitative estimate of drug-likeness (QED) is 0.587. The molecule has 4 unspecified atom stereocenters. The Bertz CT molecular complexity index is 307. The van der Waals surface area contributed by atoms with E-state index in [1.807, 2.05) is 0 Å². The lowest BCUT2D eigenvalue weighted by Gasteiger charge is -2.41. The molecule has 0 saturated heterocycles. The largest absolute Gasteiger partial charge is 0.327 e. The van der Waals surface area contributed by atoms with E-state index in [0.717, 1.165) is 35.5 Å². The third-order valence-electron chi connectivity index (χ3n) is 8.04. The predicted octanol–water partition coefficient (Wildman–Crippen LogP) is 5.74. The normalized spacial score (nSPS) is 42.5. The molecule has 2 fully saturated rings. The average Bonchev–Trinajstić information content (AvgIpc) is 2.63. The van der Waals surface area contributed by atoms with E-state index in [0.29, 0.717) is 12.1 Å². The second-order valence-corrected chi connectivity index (χ2v) is 9.43. The van der Waals surface area contributed by atoms with Crippen LogP contribution in [-0.4, -0.2) is 12.1 Å². The number of rotatable bonds is 8. The van der Waals surface area contributed by atoms with E-state index in [-0.39, 0.29) is 0 Å². The molecule has 0 radical (unpaired) electrons. The van der Waals surface area contributed by atoms with Gasteiger partial charge in [-0.15, -0.1) is 0 Å². The molecule has 0 heterocycles. The van der Waals surface area contributed by atoms with Crippen molar-refractivity contribution in [1.29, 1.82) is 0 Å². The van der Waals surface area contributed by atoms with Crippen LogP contribution in [0.3, 0.4) is 0 Å². The topological polar surface area (TPSA) is 52.0 Å². The van der Waals surface area contributed by atoms with Crippen LogP contribution >= 0.6 is 0 Å². The van der Waals surface area contributed by atoms with Crippen LogP contribution in [0.5, 0.6) is 0 Å². The van der Waals surface area contributed by atoms with Crippen molar-refractivity contribution in [3.05, 3.63) is 0 Å². The van der Waals surface area contributed by atoms with Crippen LogP contribution in [0.4, 0.5) is 0 Å². The van der Waals surface area contributed by atoms with Crippen molar-refractivity contribution >= 4 is 0 Å². The SMILES string of the molecule is CCC1CC(CCCC2CC(CC)C(N)C(CC)C2)CC(CC)C1N. The molecule has 2 nitrogen and oxygen atoms in total. The highest BCUT2D eigenvalue weighted by molar-refractivity contribution is 4.89. The highest BCUT2D eigenvalue weighted by Gasteiger charge is 2.35. The van der Waals surface area contributed by atoms with E-state index in [4.69, 9.17) is 11.5 Å². The third-order valence-corrected chi connectivity index (χ3v) is 8.04. The fourth-order valence-electron chi connectivity index (χ4n) is 6.23. The summed E-state index contributed by atoms with van der Waals surface area (Å²) in [5.41, 5.74) is 13.0. The Labute approximate surface area is 157 Å². The lowest BCUT2D eigenvalue weighted by atomic mass is 9.67. The molecule has 2 heteroatoms. The van der Waals surface area contributed by atoms with Gasteiger partial charge in [0, 0.05) is 12.1 Å². The van der Waals surface area contributed by atoms with Gasteiger partial charge in [0.15, 0.2) is 0 Å². The molecular formula is C23H46N2. The number of hydrogen-bond acceptors (Lipinski definition) is 2. The number of nitrogens with two attached hydrogens (primary N) is 2. The Hall–Kier alpha value is -0.0800. The van der Waals surface area contributed by atoms with Crippen molar-refractivity contribution in [2.75, 3.05) is 0 Å². The first-order valence-electron chi connectivity index (χ1n) is 11.5. The summed E-state index contributed by atoms with van der Waals surface area (Å²) in [5, 5.41) is 0. The molecule has 0 aliphatic heterocycles. The molecule has 0 aromatic carbocycles. The van der Waals surface area contributed by atoms with E-state index in [9.17, 15) is 0 Å². The molecule has 2 aliphatic rings. The average molecular weight is 351 g/mol. The van der Waals surface area contributed by atoms with E-state index in [2.05, 4.69) is 27.7 Å². The summed E-state index contributed by atoms with van der Waals surface area (Å²) in [6, 6.07) is 0.920. The van der Waals surface area contributed by atoms with Gasteiger partial charge in [-0.2, -0.15) is 0 Å². The molecular weight excluding hydrogens is 304 g/mol. The first kappa shape index (κ1) is 21.2. The van der Waals surface area contributed by atoms with Crippen LogP contribution in [0.15, 0.2) is 0 Å². The number of hydrogen-bond donors (Lipinski definition) is 2. The van der Waals surface area contributed by atoms with Gasteiger partial charge in [0.2, 0.25) is 0 Å². The maximum Gasteiger partial charge on any atom is 0.00956 e. The van der Waals surface area contributed by atoms with Gasteiger partial charge in [-0.05, 0) is 61.2 Å². The van der Waals surface area contributed by atoms with E-state index in [1.165, 1.54) is 70.6 Å². The highest BCUT2D eigenvalue weighted by atomic mass is 14.7. The van der Waals surface area contributed by atoms with Gasteiger partial charge in [0.05, 0.1) is 0 Å². The lowest BCUT2D eigenvalue weighted by molar-refractivity contribution is 0.129. The molecule has 2 rings (SSSR count). The first-order chi connectivity index (χ1) is 12.0. The molecule has 2 aliphatic carbocycles. The van der Waals surface area contributed by atoms with Crippen molar-refractivity contribution < 1.29 is 0 Å². The van der Waals surface area contributed by atoms with Gasteiger partial charge in [-0.1, -0.05) is 72.6 Å². The molecule has 25 heavy (non-hydrogen) atoms. The van der Waals surface area contributed by atoms with E-state index in [1.54, 1.807) is 0 Å². The van der Waals surface area contributed by atoms with Crippen molar-refractivity contribution in [2.45, 2.75) is 110 Å². The summed E-state index contributed by atoms with van der Waals surface area (Å²) in [4.78, 5) is 0. The van der Waals surface area contributed by atoms with Gasteiger partial charge < -0.3 is 11.5 Å². The minimum Gasteiger partial charge on any atom is -0.327 e. The maximum atomic E-state index is 6.51. The van der Waals surface area contributed by atoms with E-state index >= 15 is 0 Å². The molecule has 2 saturated carbocycles. The Morgan fingerprint density at radius 1 is 0.560 bits per heavy atom. The Morgan fingerprint density at radius 3 is 1.08 bits per heavy atom. The molecule has 0 spiro atoms. The Kier molecular flexibility index (Phi) is 8.75. The maximum absolute atomic E-state index is 6.51. The van der Waals surface area contributed by atoms with Crippen LogP contribution in [-0.2, 0) is 0 Å². The zero-order valence-electron chi connectivity index (χ0n) is 17.6. The van der Waals surface area contributed by atoms with Crippen LogP contribution < -0.4 is 11.5 Å². The lowest BCUT2D eigenvalue weighted by Crippen LogP contribution is -2.43. The second-order valence-electron chi connectivity index (χ2n) is 9.43. The van der Waals surface area contributed by atoms with Gasteiger partial charge in [0.1, 0.15) is 0 Å². The Balaban J connectivity index is 1.79. The summed E-state index contributed by atoms with van der Waals surface area (Å²) in [5.74, 6) is 4.94. The van der Waals surface area contributed by atoms with Crippen molar-refractivity contribution in [3.63, 3.8) is 0 Å². The molecule has 0 bridgehead atoms. The monoisotopic (exact) mass is 350 g/mol. The van der Waals surface area contributed by atoms with Crippen molar-refractivity contribution in [3.8, 4) is 0 Å². The smallest absolute Gasteiger partial charge is 0.00956 e. The predicted molar refractivity (Wildman–Crippen MR) is 110 cm³/mol. The molecule has 4 N–H and O–H groups in total. The zero-order chi connectivity index (χ0) is 18.4. The highest BCUT2D eigenvalue weighted by Crippen LogP contribution is 2.41. The van der Waals surface area contributed by atoms with Crippen LogP contribution in [0, 0.1) is 35.5 Å². The van der Waals surface area contributed by atoms with Crippen molar-refractivity contribution in [2.24, 2.45) is 47.0 Å². The van der Waals surface area contributed by atoms with Crippen LogP contribution in [0.1, 0.15) is 98.3 Å². The van der Waals surface area contributed by atoms with Gasteiger partial charge in [-0.25, -0.2) is 0 Å². The summed E-state index contributed by atoms with van der Waals surface area (Å²) < 4.78 is 0. The Morgan fingerprint density at radius 2 is 0.840 bits per heavy atom. The third kappa shape index (κ3) is 5.45. The molecule has 0 amide bonds. The summed E-state index contributed by atoms with van der Waals surface area (Å²) in [6.07, 6.45) is 14.9. The molecule has 0 aromatic heterocycles. The van der Waals surface area contributed by atoms with Gasteiger partial charge in [-0.3, -0.25) is 0 Å². The standard InChI is InChI=1S/C23H46N2/c1-5-18-12-16(13-19(6-2)22(18)24)10-9-11-17-14-20(7-3)23(25)21(8-4)15-17/h16-23H,5-15,24-25H2,1-4H3. The van der Waals surface area contributed by atoms with Crippen LogP contribution in [0.2, 0.25) is 0 Å². The van der Waals surface area contributed by atoms with E-state index < -0.39 is 0 Å². The van der Waals surface area contributed by atoms with Crippen LogP contribution in [0.25, 0.3) is 0 Å². The minimum atomic E-state index is 0.460. The fourth-order valence-corrected chi connectivity index (χ4v) is 6.23. The zero-order valence-corrected chi connectivity index (χ0v) is 17.6. The molecule has 0 aromatic rings. The summed E-state index contributed by atoms with van der Waals surface area (Å²) >= 11 is 0. The molecule has 4 atom stereocenters. The van der Waals surface area contributed by atoms with Crippen molar-refractivity contribution in [1.82, 2.24) is 0 Å². The first-order valence-corrected chi connectivity index (χ1v) is 11.5. The minimum absolute atomic E-state index is 0.460.